The summed E-state index contributed by atoms with van der Waals surface area (Å²) in [5.41, 5.74) is 8.40. The van der Waals surface area contributed by atoms with Crippen LogP contribution in [0.5, 0.6) is 5.75 Å². The zero-order valence-electron chi connectivity index (χ0n) is 8.42. The third-order valence-electron chi connectivity index (χ3n) is 2.63. The van der Waals surface area contributed by atoms with Gasteiger partial charge in [0.1, 0.15) is 5.75 Å². The molecule has 0 saturated heterocycles. The predicted octanol–water partition coefficient (Wildman–Crippen LogP) is 1.38. The molecule has 0 aromatic heterocycles. The molecule has 1 atom stereocenters. The summed E-state index contributed by atoms with van der Waals surface area (Å²) < 4.78 is 5.18. The van der Waals surface area contributed by atoms with Crippen molar-refractivity contribution in [2.24, 2.45) is 5.73 Å². The van der Waals surface area contributed by atoms with Gasteiger partial charge in [0, 0.05) is 24.3 Å². The lowest BCUT2D eigenvalue weighted by atomic mass is 10.0. The molecule has 0 radical (unpaired) electrons. The van der Waals surface area contributed by atoms with E-state index in [1.165, 1.54) is 5.56 Å². The van der Waals surface area contributed by atoms with Gasteiger partial charge in [0.05, 0.1) is 7.11 Å². The van der Waals surface area contributed by atoms with Gasteiger partial charge in [0.15, 0.2) is 0 Å². The summed E-state index contributed by atoms with van der Waals surface area (Å²) in [6.07, 6.45) is 1.98. The van der Waals surface area contributed by atoms with E-state index in [0.717, 1.165) is 30.8 Å². The molecule has 0 aliphatic carbocycles. The standard InChI is InChI=1S/C11H16N2O/c1-14-10-3-2-8-6-9(12)4-5-13-11(8)7-10/h2-3,7,9,13H,4-6,12H2,1H3. The van der Waals surface area contributed by atoms with E-state index < -0.39 is 0 Å². The minimum Gasteiger partial charge on any atom is -0.497 e. The molecule has 0 spiro atoms. The Balaban J connectivity index is 2.31. The zero-order valence-corrected chi connectivity index (χ0v) is 8.42. The summed E-state index contributed by atoms with van der Waals surface area (Å²) in [5, 5.41) is 3.37. The maximum atomic E-state index is 5.95. The summed E-state index contributed by atoms with van der Waals surface area (Å²) >= 11 is 0. The minimum absolute atomic E-state index is 0.275. The molecular weight excluding hydrogens is 176 g/mol. The molecule has 0 bridgehead atoms. The van der Waals surface area contributed by atoms with E-state index in [9.17, 15) is 0 Å². The molecular formula is C11H16N2O. The monoisotopic (exact) mass is 192 g/mol. The van der Waals surface area contributed by atoms with Crippen LogP contribution in [0.4, 0.5) is 5.69 Å². The highest BCUT2D eigenvalue weighted by Crippen LogP contribution is 2.25. The molecule has 0 fully saturated rings. The third-order valence-corrected chi connectivity index (χ3v) is 2.63. The molecule has 1 aliphatic rings. The summed E-state index contributed by atoms with van der Waals surface area (Å²) in [6, 6.07) is 6.38. The Morgan fingerprint density at radius 2 is 2.36 bits per heavy atom. The van der Waals surface area contributed by atoms with Crippen LogP contribution in [0, 0.1) is 0 Å². The van der Waals surface area contributed by atoms with Crippen LogP contribution in [0.15, 0.2) is 18.2 Å². The number of anilines is 1. The topological polar surface area (TPSA) is 47.3 Å². The Kier molecular flexibility index (Phi) is 2.59. The Hall–Kier alpha value is -1.22. The van der Waals surface area contributed by atoms with Crippen molar-refractivity contribution in [2.45, 2.75) is 18.9 Å². The number of hydrogen-bond donors (Lipinski definition) is 2. The zero-order chi connectivity index (χ0) is 9.97. The maximum Gasteiger partial charge on any atom is 0.120 e. The predicted molar refractivity (Wildman–Crippen MR) is 57.8 cm³/mol. The average Bonchev–Trinajstić information content (AvgIpc) is 2.37. The first-order valence-corrected chi connectivity index (χ1v) is 4.96. The van der Waals surface area contributed by atoms with Crippen molar-refractivity contribution in [1.82, 2.24) is 0 Å². The lowest BCUT2D eigenvalue weighted by Crippen LogP contribution is -2.22. The number of nitrogens with one attached hydrogen (secondary N) is 1. The first kappa shape index (κ1) is 9.34. The molecule has 1 heterocycles. The van der Waals surface area contributed by atoms with Gasteiger partial charge in [-0.1, -0.05) is 6.07 Å². The third kappa shape index (κ3) is 1.82. The summed E-state index contributed by atoms with van der Waals surface area (Å²) in [5.74, 6) is 0.895. The number of benzene rings is 1. The summed E-state index contributed by atoms with van der Waals surface area (Å²) in [4.78, 5) is 0. The SMILES string of the molecule is COc1ccc2c(c1)NCCC(N)C2. The molecule has 1 aromatic carbocycles. The van der Waals surface area contributed by atoms with Crippen LogP contribution in [0.25, 0.3) is 0 Å². The second-order valence-electron chi connectivity index (χ2n) is 3.70. The fourth-order valence-corrected chi connectivity index (χ4v) is 1.80. The molecule has 1 aromatic rings. The Labute approximate surface area is 84.3 Å². The van der Waals surface area contributed by atoms with Crippen molar-refractivity contribution in [1.29, 1.82) is 0 Å². The lowest BCUT2D eigenvalue weighted by molar-refractivity contribution is 0.415. The number of rotatable bonds is 1. The second kappa shape index (κ2) is 3.88. The van der Waals surface area contributed by atoms with Gasteiger partial charge in [-0.15, -0.1) is 0 Å². The van der Waals surface area contributed by atoms with Crippen LogP contribution in [-0.4, -0.2) is 19.7 Å². The van der Waals surface area contributed by atoms with E-state index in [-0.39, 0.29) is 6.04 Å². The molecule has 0 amide bonds. The fraction of sp³-hybridized carbons (Fsp3) is 0.455. The van der Waals surface area contributed by atoms with Gasteiger partial charge < -0.3 is 15.8 Å². The number of hydrogen-bond acceptors (Lipinski definition) is 3. The molecule has 0 saturated carbocycles. The minimum atomic E-state index is 0.275. The van der Waals surface area contributed by atoms with Crippen molar-refractivity contribution >= 4 is 5.69 Å². The number of nitrogens with two attached hydrogens (primary N) is 1. The number of ether oxygens (including phenoxy) is 1. The molecule has 76 valence electrons. The highest BCUT2D eigenvalue weighted by Gasteiger charge is 2.13. The van der Waals surface area contributed by atoms with Gasteiger partial charge in [-0.05, 0) is 24.5 Å². The molecule has 3 heteroatoms. The van der Waals surface area contributed by atoms with E-state index in [0.29, 0.717) is 0 Å². The summed E-state index contributed by atoms with van der Waals surface area (Å²) in [6.45, 7) is 0.946. The second-order valence-corrected chi connectivity index (χ2v) is 3.70. The van der Waals surface area contributed by atoms with Crippen LogP contribution in [0.3, 0.4) is 0 Å². The van der Waals surface area contributed by atoms with E-state index in [2.05, 4.69) is 11.4 Å². The Bertz CT molecular complexity index is 325. The van der Waals surface area contributed by atoms with Crippen LogP contribution in [0.2, 0.25) is 0 Å². The highest BCUT2D eigenvalue weighted by molar-refractivity contribution is 5.56. The van der Waals surface area contributed by atoms with Crippen molar-refractivity contribution in [2.75, 3.05) is 19.0 Å². The normalized spacial score (nSPS) is 20.6. The Morgan fingerprint density at radius 1 is 1.50 bits per heavy atom. The lowest BCUT2D eigenvalue weighted by Gasteiger charge is -2.09. The summed E-state index contributed by atoms with van der Waals surface area (Å²) in [7, 11) is 1.68. The van der Waals surface area contributed by atoms with Gasteiger partial charge >= 0.3 is 0 Å². The largest absolute Gasteiger partial charge is 0.497 e. The van der Waals surface area contributed by atoms with Crippen LogP contribution in [0.1, 0.15) is 12.0 Å². The van der Waals surface area contributed by atoms with Crippen molar-refractivity contribution in [3.05, 3.63) is 23.8 Å². The highest BCUT2D eigenvalue weighted by atomic mass is 16.5. The molecule has 3 nitrogen and oxygen atoms in total. The van der Waals surface area contributed by atoms with Crippen molar-refractivity contribution in [3.8, 4) is 5.75 Å². The molecule has 1 unspecified atom stereocenters. The van der Waals surface area contributed by atoms with E-state index in [4.69, 9.17) is 10.5 Å². The van der Waals surface area contributed by atoms with Gasteiger partial charge in [-0.2, -0.15) is 0 Å². The number of fused-ring (bicyclic) bond motifs is 1. The van der Waals surface area contributed by atoms with Crippen LogP contribution < -0.4 is 15.8 Å². The molecule has 1 aliphatic heterocycles. The van der Waals surface area contributed by atoms with E-state index in [1.54, 1.807) is 7.11 Å². The molecule has 14 heavy (non-hydrogen) atoms. The van der Waals surface area contributed by atoms with Crippen LogP contribution in [-0.2, 0) is 6.42 Å². The molecule has 2 rings (SSSR count). The first-order valence-electron chi connectivity index (χ1n) is 4.96. The van der Waals surface area contributed by atoms with Gasteiger partial charge in [0.25, 0.3) is 0 Å². The number of methoxy groups -OCH3 is 1. The smallest absolute Gasteiger partial charge is 0.120 e. The molecule has 3 N–H and O–H groups in total. The van der Waals surface area contributed by atoms with Gasteiger partial charge in [-0.25, -0.2) is 0 Å². The van der Waals surface area contributed by atoms with Crippen molar-refractivity contribution < 1.29 is 4.74 Å². The van der Waals surface area contributed by atoms with Crippen LogP contribution >= 0.6 is 0 Å². The average molecular weight is 192 g/mol. The fourth-order valence-electron chi connectivity index (χ4n) is 1.80. The van der Waals surface area contributed by atoms with E-state index >= 15 is 0 Å². The maximum absolute atomic E-state index is 5.95. The van der Waals surface area contributed by atoms with E-state index in [1.807, 2.05) is 12.1 Å². The van der Waals surface area contributed by atoms with Gasteiger partial charge in [0.2, 0.25) is 0 Å². The van der Waals surface area contributed by atoms with Gasteiger partial charge in [-0.3, -0.25) is 0 Å². The Morgan fingerprint density at radius 3 is 3.14 bits per heavy atom. The first-order chi connectivity index (χ1) is 6.79. The van der Waals surface area contributed by atoms with Crippen molar-refractivity contribution in [3.63, 3.8) is 0 Å². The quantitative estimate of drug-likeness (QED) is 0.706.